The van der Waals surface area contributed by atoms with Gasteiger partial charge in [0.1, 0.15) is 5.60 Å². The lowest BCUT2D eigenvalue weighted by Gasteiger charge is -2.27. The Labute approximate surface area is 177 Å². The number of hydrogen-bond acceptors (Lipinski definition) is 5. The second kappa shape index (κ2) is 11.0. The van der Waals surface area contributed by atoms with Gasteiger partial charge in [-0.1, -0.05) is 0 Å². The summed E-state index contributed by atoms with van der Waals surface area (Å²) in [7, 11) is 3.73. The van der Waals surface area contributed by atoms with Crippen LogP contribution in [0.3, 0.4) is 0 Å². The number of aryl methyl sites for hydroxylation is 2. The summed E-state index contributed by atoms with van der Waals surface area (Å²) in [6, 6.07) is 4.09. The summed E-state index contributed by atoms with van der Waals surface area (Å²) >= 11 is 3.30. The van der Waals surface area contributed by atoms with Crippen LogP contribution >= 0.6 is 15.9 Å². The Hall–Kier alpha value is -2.15. The predicted molar refractivity (Wildman–Crippen MR) is 118 cm³/mol. The van der Waals surface area contributed by atoms with Gasteiger partial charge >= 0.3 is 6.09 Å². The minimum atomic E-state index is -0.461. The molecule has 2 aromatic heterocycles. The van der Waals surface area contributed by atoms with Gasteiger partial charge in [0.2, 0.25) is 0 Å². The fraction of sp³-hybridized carbons (Fsp3) is 0.476. The van der Waals surface area contributed by atoms with Crippen LogP contribution in [0.15, 0.2) is 41.4 Å². The van der Waals surface area contributed by atoms with Gasteiger partial charge in [-0.3, -0.25) is 9.97 Å². The van der Waals surface area contributed by atoms with Crippen LogP contribution in [0, 0.1) is 13.8 Å². The van der Waals surface area contributed by atoms with E-state index >= 15 is 0 Å². The molecule has 0 aromatic carbocycles. The molecular formula is C21H31BrN4O2. The molecule has 0 fully saturated rings. The fourth-order valence-electron chi connectivity index (χ4n) is 2.13. The minimum Gasteiger partial charge on any atom is -0.444 e. The van der Waals surface area contributed by atoms with Crippen LogP contribution in [0.2, 0.25) is 0 Å². The van der Waals surface area contributed by atoms with Crippen molar-refractivity contribution in [3.63, 3.8) is 0 Å². The summed E-state index contributed by atoms with van der Waals surface area (Å²) in [5.74, 6) is 0. The van der Waals surface area contributed by atoms with Crippen molar-refractivity contribution in [2.45, 2.75) is 40.2 Å². The van der Waals surface area contributed by atoms with Gasteiger partial charge in [0.15, 0.2) is 0 Å². The number of amides is 1. The topological polar surface area (TPSA) is 58.6 Å². The zero-order valence-corrected chi connectivity index (χ0v) is 19.4. The highest BCUT2D eigenvalue weighted by Crippen LogP contribution is 2.13. The summed E-state index contributed by atoms with van der Waals surface area (Å²) in [5, 5.41) is 0. The smallest absolute Gasteiger partial charge is 0.410 e. The lowest BCUT2D eigenvalue weighted by atomic mass is 10.2. The average Bonchev–Trinajstić information content (AvgIpc) is 2.58. The van der Waals surface area contributed by atoms with E-state index in [4.69, 9.17) is 4.74 Å². The van der Waals surface area contributed by atoms with Crippen molar-refractivity contribution in [2.75, 3.05) is 32.1 Å². The van der Waals surface area contributed by atoms with Crippen LogP contribution in [0.25, 0.3) is 0 Å². The molecule has 0 aliphatic carbocycles. The number of ether oxygens (including phenoxy) is 1. The molecular weight excluding hydrogens is 420 g/mol. The normalized spacial score (nSPS) is 10.6. The van der Waals surface area contributed by atoms with Gasteiger partial charge in [0.25, 0.3) is 0 Å². The quantitative estimate of drug-likeness (QED) is 0.666. The molecule has 7 heteroatoms. The first kappa shape index (κ1) is 23.9. The number of anilines is 1. The van der Waals surface area contributed by atoms with Gasteiger partial charge in [-0.2, -0.15) is 0 Å². The summed E-state index contributed by atoms with van der Waals surface area (Å²) in [6.07, 6.45) is 6.94. The Kier molecular flexibility index (Phi) is 9.38. The maximum atomic E-state index is 11.8. The SMILES string of the molecule is Cc1cncc(Br)c1.Cc1cncc(N(C)CCN(C)C(=O)OC(C)(C)C)c1. The number of carbonyl (C=O) groups excluding carboxylic acids is 1. The number of aromatic nitrogens is 2. The van der Waals surface area contributed by atoms with E-state index in [1.165, 1.54) is 5.56 Å². The van der Waals surface area contributed by atoms with E-state index in [9.17, 15) is 4.79 Å². The van der Waals surface area contributed by atoms with Crippen molar-refractivity contribution >= 4 is 27.7 Å². The number of halogens is 1. The third kappa shape index (κ3) is 9.69. The first-order chi connectivity index (χ1) is 13.0. The van der Waals surface area contributed by atoms with Gasteiger partial charge in [-0.05, 0) is 73.8 Å². The van der Waals surface area contributed by atoms with Gasteiger partial charge in [-0.25, -0.2) is 4.79 Å². The molecule has 28 heavy (non-hydrogen) atoms. The Morgan fingerprint density at radius 3 is 2.04 bits per heavy atom. The molecule has 0 radical (unpaired) electrons. The molecule has 0 aliphatic rings. The van der Waals surface area contributed by atoms with E-state index in [1.807, 2.05) is 66.3 Å². The molecule has 2 aromatic rings. The molecule has 154 valence electrons. The van der Waals surface area contributed by atoms with E-state index < -0.39 is 5.60 Å². The molecule has 0 spiro atoms. The number of carbonyl (C=O) groups is 1. The van der Waals surface area contributed by atoms with E-state index in [0.717, 1.165) is 22.3 Å². The molecule has 0 atom stereocenters. The Morgan fingerprint density at radius 1 is 1.00 bits per heavy atom. The third-order valence-electron chi connectivity index (χ3n) is 3.62. The summed E-state index contributed by atoms with van der Waals surface area (Å²) in [4.78, 5) is 23.6. The first-order valence-corrected chi connectivity index (χ1v) is 9.91. The monoisotopic (exact) mass is 450 g/mol. The average molecular weight is 451 g/mol. The zero-order valence-electron chi connectivity index (χ0n) is 17.9. The van der Waals surface area contributed by atoms with Gasteiger partial charge in [0.05, 0.1) is 11.9 Å². The molecule has 0 saturated carbocycles. The number of rotatable bonds is 4. The maximum absolute atomic E-state index is 11.8. The summed E-state index contributed by atoms with van der Waals surface area (Å²) in [5.41, 5.74) is 2.88. The van der Waals surface area contributed by atoms with Crippen LogP contribution < -0.4 is 4.90 Å². The van der Waals surface area contributed by atoms with Crippen molar-refractivity contribution in [3.8, 4) is 0 Å². The van der Waals surface area contributed by atoms with Gasteiger partial charge < -0.3 is 14.5 Å². The molecule has 2 heterocycles. The molecule has 2 rings (SSSR count). The molecule has 6 nitrogen and oxygen atoms in total. The van der Waals surface area contributed by atoms with Crippen molar-refractivity contribution < 1.29 is 9.53 Å². The van der Waals surface area contributed by atoms with Crippen LogP contribution in [-0.4, -0.2) is 53.7 Å². The fourth-order valence-corrected chi connectivity index (χ4v) is 2.61. The van der Waals surface area contributed by atoms with Gasteiger partial charge in [0, 0.05) is 50.2 Å². The lowest BCUT2D eigenvalue weighted by Crippen LogP contribution is -2.38. The third-order valence-corrected chi connectivity index (χ3v) is 4.05. The standard InChI is InChI=1S/C15H25N3O2.C6H6BrN/c1-12-9-13(11-16-10-12)17(5)7-8-18(6)14(19)20-15(2,3)4;1-5-2-6(7)4-8-3-5/h9-11H,7-8H2,1-6H3;2-4H,1H3. The predicted octanol–water partition coefficient (Wildman–Crippen LogP) is 4.85. The molecule has 0 saturated heterocycles. The highest BCUT2D eigenvalue weighted by atomic mass is 79.9. The molecule has 0 aliphatic heterocycles. The lowest BCUT2D eigenvalue weighted by molar-refractivity contribution is 0.0303. The number of pyridine rings is 2. The number of nitrogens with zero attached hydrogens (tertiary/aromatic N) is 4. The molecule has 0 N–H and O–H groups in total. The van der Waals surface area contributed by atoms with Crippen LogP contribution in [0.5, 0.6) is 0 Å². The number of likely N-dealkylation sites (N-methyl/N-ethyl adjacent to an activating group) is 2. The Balaban J connectivity index is 0.000000406. The molecule has 1 amide bonds. The molecule has 0 bridgehead atoms. The largest absolute Gasteiger partial charge is 0.444 e. The maximum Gasteiger partial charge on any atom is 0.410 e. The van der Waals surface area contributed by atoms with Crippen molar-refractivity contribution in [3.05, 3.63) is 52.5 Å². The Bertz CT molecular complexity index is 745. The van der Waals surface area contributed by atoms with Crippen molar-refractivity contribution in [2.24, 2.45) is 0 Å². The van der Waals surface area contributed by atoms with E-state index in [-0.39, 0.29) is 6.09 Å². The van der Waals surface area contributed by atoms with Crippen LogP contribution in [0.4, 0.5) is 10.5 Å². The first-order valence-electron chi connectivity index (χ1n) is 9.12. The van der Waals surface area contributed by atoms with Gasteiger partial charge in [-0.15, -0.1) is 0 Å². The summed E-state index contributed by atoms with van der Waals surface area (Å²) < 4.78 is 6.35. The van der Waals surface area contributed by atoms with E-state index in [2.05, 4.69) is 36.9 Å². The summed E-state index contributed by atoms with van der Waals surface area (Å²) in [6.45, 7) is 10.9. The second-order valence-electron chi connectivity index (χ2n) is 7.72. The van der Waals surface area contributed by atoms with Crippen molar-refractivity contribution in [1.29, 1.82) is 0 Å². The highest BCUT2D eigenvalue weighted by molar-refractivity contribution is 9.10. The van der Waals surface area contributed by atoms with E-state index in [0.29, 0.717) is 6.54 Å². The Morgan fingerprint density at radius 2 is 1.57 bits per heavy atom. The minimum absolute atomic E-state index is 0.298. The second-order valence-corrected chi connectivity index (χ2v) is 8.64. The van der Waals surface area contributed by atoms with Crippen LogP contribution in [-0.2, 0) is 4.74 Å². The van der Waals surface area contributed by atoms with Crippen LogP contribution in [0.1, 0.15) is 31.9 Å². The number of hydrogen-bond donors (Lipinski definition) is 0. The highest BCUT2D eigenvalue weighted by Gasteiger charge is 2.19. The van der Waals surface area contributed by atoms with E-state index in [1.54, 1.807) is 18.1 Å². The molecule has 0 unspecified atom stereocenters. The van der Waals surface area contributed by atoms with Crippen molar-refractivity contribution in [1.82, 2.24) is 14.9 Å². The zero-order chi connectivity index (χ0) is 21.3.